The van der Waals surface area contributed by atoms with Crippen LogP contribution >= 0.6 is 22.9 Å². The number of benzene rings is 2. The van der Waals surface area contributed by atoms with Gasteiger partial charge >= 0.3 is 5.97 Å². The monoisotopic (exact) mass is 415 g/mol. The summed E-state index contributed by atoms with van der Waals surface area (Å²) in [6.45, 7) is 0. The first-order valence-corrected chi connectivity index (χ1v) is 9.37. The van der Waals surface area contributed by atoms with Crippen molar-refractivity contribution in [3.63, 3.8) is 0 Å². The lowest BCUT2D eigenvalue weighted by atomic mass is 10.0. The van der Waals surface area contributed by atoms with Gasteiger partial charge in [-0.15, -0.1) is 11.3 Å². The number of para-hydroxylation sites is 2. The Morgan fingerprint density at radius 3 is 2.71 bits per heavy atom. The molecule has 0 atom stereocenters. The lowest BCUT2D eigenvalue weighted by molar-refractivity contribution is 0.0697. The normalized spacial score (nSPS) is 11.1. The Labute approximate surface area is 167 Å². The van der Waals surface area contributed by atoms with Gasteiger partial charge in [0.05, 0.1) is 17.0 Å². The summed E-state index contributed by atoms with van der Waals surface area (Å²) in [5.41, 5.74) is 1.68. The predicted octanol–water partition coefficient (Wildman–Crippen LogP) is 5.47. The lowest BCUT2D eigenvalue weighted by Gasteiger charge is -2.04. The number of thiophene rings is 1. The zero-order chi connectivity index (χ0) is 19.8. The van der Waals surface area contributed by atoms with Gasteiger partial charge < -0.3 is 9.52 Å². The maximum absolute atomic E-state index is 13.8. The summed E-state index contributed by atoms with van der Waals surface area (Å²) in [5.74, 6) is -2.36. The molecule has 4 aromatic rings. The van der Waals surface area contributed by atoms with Crippen molar-refractivity contribution in [2.45, 2.75) is 6.42 Å². The van der Waals surface area contributed by atoms with Crippen LogP contribution in [-0.2, 0) is 6.42 Å². The van der Waals surface area contributed by atoms with Crippen molar-refractivity contribution in [2.24, 2.45) is 0 Å². The molecule has 8 heteroatoms. The first-order chi connectivity index (χ1) is 13.4. The van der Waals surface area contributed by atoms with Gasteiger partial charge in [0.25, 0.3) is 5.89 Å². The summed E-state index contributed by atoms with van der Waals surface area (Å²) in [6, 6.07) is 11.0. The van der Waals surface area contributed by atoms with E-state index >= 15 is 0 Å². The van der Waals surface area contributed by atoms with Crippen LogP contribution in [-0.4, -0.2) is 21.8 Å². The predicted molar refractivity (Wildman–Crippen MR) is 104 cm³/mol. The van der Waals surface area contributed by atoms with Gasteiger partial charge in [-0.05, 0) is 35.2 Å². The van der Waals surface area contributed by atoms with Crippen LogP contribution in [0.25, 0.3) is 22.2 Å². The molecule has 2 heterocycles. The summed E-state index contributed by atoms with van der Waals surface area (Å²) >= 11 is 6.81. The quantitative estimate of drug-likeness (QED) is 0.437. The number of Topliss-reactive ketones (excluding diaryl/α,β-unsaturated/α-hetero) is 1. The van der Waals surface area contributed by atoms with Gasteiger partial charge in [0.2, 0.25) is 5.78 Å². The number of carbonyl (C=O) groups excluding carboxylic acids is 1. The van der Waals surface area contributed by atoms with Crippen LogP contribution < -0.4 is 0 Å². The van der Waals surface area contributed by atoms with E-state index in [2.05, 4.69) is 4.98 Å². The number of aromatic nitrogens is 1. The van der Waals surface area contributed by atoms with Gasteiger partial charge in [0, 0.05) is 10.4 Å². The van der Waals surface area contributed by atoms with Crippen LogP contribution in [0, 0.1) is 5.82 Å². The molecule has 1 N–H and O–H groups in total. The minimum absolute atomic E-state index is 0.0452. The smallest absolute Gasteiger partial charge is 0.337 e. The van der Waals surface area contributed by atoms with E-state index in [1.54, 1.807) is 29.6 Å². The van der Waals surface area contributed by atoms with Crippen molar-refractivity contribution in [2.75, 3.05) is 0 Å². The van der Waals surface area contributed by atoms with E-state index in [1.165, 1.54) is 18.2 Å². The van der Waals surface area contributed by atoms with Crippen LogP contribution in [0.3, 0.4) is 0 Å². The number of aromatic carboxylic acids is 1. The molecule has 0 aliphatic heterocycles. The zero-order valence-corrected chi connectivity index (χ0v) is 15.7. The molecule has 0 unspecified atom stereocenters. The van der Waals surface area contributed by atoms with Gasteiger partial charge in [-0.25, -0.2) is 14.2 Å². The van der Waals surface area contributed by atoms with Crippen LogP contribution in [0.2, 0.25) is 5.02 Å². The van der Waals surface area contributed by atoms with Crippen molar-refractivity contribution in [1.82, 2.24) is 4.98 Å². The number of fused-ring (bicyclic) bond motifs is 1. The maximum atomic E-state index is 13.8. The fourth-order valence-electron chi connectivity index (χ4n) is 2.85. The van der Waals surface area contributed by atoms with E-state index in [0.29, 0.717) is 27.1 Å². The van der Waals surface area contributed by atoms with Gasteiger partial charge in [-0.1, -0.05) is 29.8 Å². The molecular formula is C20H11ClFNO4S. The van der Waals surface area contributed by atoms with E-state index in [1.807, 2.05) is 0 Å². The van der Waals surface area contributed by atoms with Crippen LogP contribution in [0.1, 0.15) is 25.9 Å². The van der Waals surface area contributed by atoms with Gasteiger partial charge in [0.1, 0.15) is 11.3 Å². The summed E-state index contributed by atoms with van der Waals surface area (Å²) < 4.78 is 19.2. The molecule has 0 amide bonds. The summed E-state index contributed by atoms with van der Waals surface area (Å²) in [5, 5.41) is 11.2. The number of rotatable bonds is 5. The highest BCUT2D eigenvalue weighted by Gasteiger charge is 2.24. The molecule has 0 saturated heterocycles. The Balaban J connectivity index is 1.69. The number of halogens is 2. The fourth-order valence-corrected chi connectivity index (χ4v) is 4.01. The first-order valence-electron chi connectivity index (χ1n) is 8.12. The zero-order valence-electron chi connectivity index (χ0n) is 14.1. The molecule has 2 aromatic carbocycles. The molecule has 0 radical (unpaired) electrons. The number of oxazole rings is 1. The molecule has 0 aliphatic rings. The summed E-state index contributed by atoms with van der Waals surface area (Å²) in [6.07, 6.45) is -0.185. The third kappa shape index (κ3) is 3.30. The second kappa shape index (κ2) is 7.18. The van der Waals surface area contributed by atoms with Crippen molar-refractivity contribution in [1.29, 1.82) is 0 Å². The molecule has 5 nitrogen and oxygen atoms in total. The third-order valence-corrected chi connectivity index (χ3v) is 5.46. The fraction of sp³-hybridized carbons (Fsp3) is 0.0500. The summed E-state index contributed by atoms with van der Waals surface area (Å²) in [7, 11) is 0. The standard InChI is InChI=1S/C20H11ClFNO4S/c21-12-6-5-10(7-13(12)22)11-9-28-17(18(11)20(25)26)8-15(24)19-23-14-3-1-2-4-16(14)27-19/h1-7,9H,8H2,(H,25,26). The highest BCUT2D eigenvalue weighted by Crippen LogP contribution is 2.34. The van der Waals surface area contributed by atoms with E-state index in [-0.39, 0.29) is 22.9 Å². The molecule has 4 rings (SSSR count). The van der Waals surface area contributed by atoms with Crippen molar-refractivity contribution < 1.29 is 23.5 Å². The Kier molecular flexibility index (Phi) is 4.70. The highest BCUT2D eigenvalue weighted by atomic mass is 35.5. The Hall–Kier alpha value is -3.03. The van der Waals surface area contributed by atoms with Crippen LogP contribution in [0.15, 0.2) is 52.3 Å². The SMILES string of the molecule is O=C(Cc1scc(-c2ccc(Cl)c(F)c2)c1C(=O)O)c1nc2ccccc2o1. The highest BCUT2D eigenvalue weighted by molar-refractivity contribution is 7.11. The van der Waals surface area contributed by atoms with E-state index in [4.69, 9.17) is 16.0 Å². The Morgan fingerprint density at radius 2 is 2.00 bits per heavy atom. The molecular weight excluding hydrogens is 405 g/mol. The average molecular weight is 416 g/mol. The van der Waals surface area contributed by atoms with Gasteiger partial charge in [-0.2, -0.15) is 0 Å². The van der Waals surface area contributed by atoms with E-state index in [0.717, 1.165) is 11.3 Å². The van der Waals surface area contributed by atoms with Crippen molar-refractivity contribution >= 4 is 45.8 Å². The molecule has 0 aliphatic carbocycles. The number of nitrogens with zero attached hydrogens (tertiary/aromatic N) is 1. The van der Waals surface area contributed by atoms with Gasteiger partial charge in [0.15, 0.2) is 5.58 Å². The van der Waals surface area contributed by atoms with Crippen molar-refractivity contribution in [3.8, 4) is 11.1 Å². The molecule has 0 spiro atoms. The Bertz CT molecular complexity index is 1200. The van der Waals surface area contributed by atoms with Crippen molar-refractivity contribution in [3.05, 3.63) is 75.0 Å². The average Bonchev–Trinajstić information content (AvgIpc) is 3.28. The molecule has 2 aromatic heterocycles. The minimum Gasteiger partial charge on any atom is -0.478 e. The van der Waals surface area contributed by atoms with Crippen LogP contribution in [0.5, 0.6) is 0 Å². The molecule has 140 valence electrons. The first kappa shape index (κ1) is 18.3. The topological polar surface area (TPSA) is 80.4 Å². The molecule has 28 heavy (non-hydrogen) atoms. The number of carbonyl (C=O) groups is 2. The minimum atomic E-state index is -1.20. The summed E-state index contributed by atoms with van der Waals surface area (Å²) in [4.78, 5) is 28.9. The Morgan fingerprint density at radius 1 is 1.21 bits per heavy atom. The number of carboxylic acid groups (broad SMARTS) is 1. The number of ketones is 1. The molecule has 0 fully saturated rings. The molecule has 0 bridgehead atoms. The lowest BCUT2D eigenvalue weighted by Crippen LogP contribution is -2.07. The van der Waals surface area contributed by atoms with Crippen LogP contribution in [0.4, 0.5) is 4.39 Å². The van der Waals surface area contributed by atoms with E-state index < -0.39 is 17.6 Å². The third-order valence-electron chi connectivity index (χ3n) is 4.17. The van der Waals surface area contributed by atoms with E-state index in [9.17, 15) is 19.1 Å². The molecule has 0 saturated carbocycles. The number of hydrogen-bond acceptors (Lipinski definition) is 5. The second-order valence-electron chi connectivity index (χ2n) is 5.97. The largest absolute Gasteiger partial charge is 0.478 e. The second-order valence-corrected chi connectivity index (χ2v) is 7.34. The van der Waals surface area contributed by atoms with Gasteiger partial charge in [-0.3, -0.25) is 4.79 Å². The number of carboxylic acids is 1. The number of hydrogen-bond donors (Lipinski definition) is 1. The maximum Gasteiger partial charge on any atom is 0.337 e.